The standard InChI is InChI=1S/C13H11N3O/c14-13(17)8-1-2-9-6-16-12-3-4-15-7-11(12)10(9)5-8/h1-6,15H,7H2,(H2,14,17). The summed E-state index contributed by atoms with van der Waals surface area (Å²) in [5, 5.41) is 5.20. The van der Waals surface area contributed by atoms with Gasteiger partial charge in [-0.1, -0.05) is 6.07 Å². The molecule has 3 rings (SSSR count). The highest BCUT2D eigenvalue weighted by molar-refractivity contribution is 5.98. The molecule has 0 atom stereocenters. The summed E-state index contributed by atoms with van der Waals surface area (Å²) in [5.41, 5.74) is 7.87. The van der Waals surface area contributed by atoms with Gasteiger partial charge in [-0.2, -0.15) is 0 Å². The van der Waals surface area contributed by atoms with Gasteiger partial charge in [0.1, 0.15) is 0 Å². The first-order valence-corrected chi connectivity index (χ1v) is 5.37. The van der Waals surface area contributed by atoms with E-state index in [0.717, 1.165) is 28.6 Å². The van der Waals surface area contributed by atoms with Crippen molar-refractivity contribution in [2.45, 2.75) is 6.54 Å². The van der Waals surface area contributed by atoms with Crippen molar-refractivity contribution >= 4 is 22.8 Å². The van der Waals surface area contributed by atoms with Crippen LogP contribution in [0.1, 0.15) is 21.6 Å². The van der Waals surface area contributed by atoms with E-state index in [1.165, 1.54) is 0 Å². The second-order valence-corrected chi connectivity index (χ2v) is 4.00. The normalized spacial score (nSPS) is 13.2. The maximum absolute atomic E-state index is 11.2. The first kappa shape index (κ1) is 9.84. The Hall–Kier alpha value is -2.36. The number of carbonyl (C=O) groups excluding carboxylic acids is 1. The number of nitrogens with zero attached hydrogens (tertiary/aromatic N) is 1. The highest BCUT2D eigenvalue weighted by Crippen LogP contribution is 2.24. The number of nitrogens with one attached hydrogen (secondary N) is 1. The van der Waals surface area contributed by atoms with Gasteiger partial charge in [0.2, 0.25) is 5.91 Å². The molecule has 1 amide bonds. The van der Waals surface area contributed by atoms with E-state index in [2.05, 4.69) is 10.3 Å². The molecule has 0 bridgehead atoms. The SMILES string of the molecule is NC(=O)c1ccc2cnc3c(c2c1)CNC=C3. The summed E-state index contributed by atoms with van der Waals surface area (Å²) in [7, 11) is 0. The molecular weight excluding hydrogens is 214 g/mol. The zero-order valence-electron chi connectivity index (χ0n) is 9.10. The van der Waals surface area contributed by atoms with Gasteiger partial charge in [-0.15, -0.1) is 0 Å². The third-order valence-corrected chi connectivity index (χ3v) is 2.95. The smallest absolute Gasteiger partial charge is 0.248 e. The minimum absolute atomic E-state index is 0.406. The van der Waals surface area contributed by atoms with E-state index in [4.69, 9.17) is 5.73 Å². The van der Waals surface area contributed by atoms with Crippen molar-refractivity contribution in [2.75, 3.05) is 0 Å². The third-order valence-electron chi connectivity index (χ3n) is 2.95. The molecular formula is C13H11N3O. The van der Waals surface area contributed by atoms with Gasteiger partial charge in [0, 0.05) is 29.3 Å². The highest BCUT2D eigenvalue weighted by Gasteiger charge is 2.11. The maximum Gasteiger partial charge on any atom is 0.248 e. The Balaban J connectivity index is 2.32. The molecule has 1 aromatic heterocycles. The quantitative estimate of drug-likeness (QED) is 0.771. The van der Waals surface area contributed by atoms with E-state index < -0.39 is 5.91 Å². The average molecular weight is 225 g/mol. The number of carbonyl (C=O) groups is 1. The Morgan fingerprint density at radius 2 is 2.29 bits per heavy atom. The van der Waals surface area contributed by atoms with Gasteiger partial charge in [0.05, 0.1) is 5.69 Å². The Morgan fingerprint density at radius 1 is 1.41 bits per heavy atom. The van der Waals surface area contributed by atoms with Crippen LogP contribution in [0.25, 0.3) is 16.8 Å². The molecule has 0 radical (unpaired) electrons. The number of primary amides is 1. The minimum Gasteiger partial charge on any atom is -0.387 e. The van der Waals surface area contributed by atoms with Crippen molar-refractivity contribution in [1.29, 1.82) is 0 Å². The summed E-state index contributed by atoms with van der Waals surface area (Å²) in [6.07, 6.45) is 5.61. The maximum atomic E-state index is 11.2. The number of rotatable bonds is 1. The molecule has 0 unspecified atom stereocenters. The van der Waals surface area contributed by atoms with Crippen LogP contribution in [0.5, 0.6) is 0 Å². The van der Waals surface area contributed by atoms with E-state index in [1.807, 2.05) is 30.6 Å². The monoisotopic (exact) mass is 225 g/mol. The van der Waals surface area contributed by atoms with Gasteiger partial charge in [-0.05, 0) is 29.8 Å². The van der Waals surface area contributed by atoms with Crippen LogP contribution in [0.15, 0.2) is 30.6 Å². The van der Waals surface area contributed by atoms with Crippen molar-refractivity contribution in [3.05, 3.63) is 47.4 Å². The fourth-order valence-corrected chi connectivity index (χ4v) is 2.07. The summed E-state index contributed by atoms with van der Waals surface area (Å²) in [5.74, 6) is -0.406. The first-order chi connectivity index (χ1) is 8.25. The molecule has 3 N–H and O–H groups in total. The van der Waals surface area contributed by atoms with Crippen LogP contribution in [0.4, 0.5) is 0 Å². The number of hydrogen-bond acceptors (Lipinski definition) is 3. The van der Waals surface area contributed by atoms with Crippen molar-refractivity contribution in [2.24, 2.45) is 5.73 Å². The Morgan fingerprint density at radius 3 is 3.12 bits per heavy atom. The molecule has 1 aliphatic rings. The van der Waals surface area contributed by atoms with Gasteiger partial charge in [0.25, 0.3) is 0 Å². The molecule has 1 aromatic carbocycles. The third kappa shape index (κ3) is 1.54. The Labute approximate surface area is 98.1 Å². The van der Waals surface area contributed by atoms with E-state index >= 15 is 0 Å². The highest BCUT2D eigenvalue weighted by atomic mass is 16.1. The Kier molecular flexibility index (Phi) is 2.08. The lowest BCUT2D eigenvalue weighted by atomic mass is 10.0. The predicted octanol–water partition coefficient (Wildman–Crippen LogP) is 1.41. The lowest BCUT2D eigenvalue weighted by Gasteiger charge is -2.14. The van der Waals surface area contributed by atoms with Crippen molar-refractivity contribution in [3.63, 3.8) is 0 Å². The van der Waals surface area contributed by atoms with Gasteiger partial charge in [-0.25, -0.2) is 0 Å². The molecule has 17 heavy (non-hydrogen) atoms. The number of nitrogens with two attached hydrogens (primary N) is 1. The van der Waals surface area contributed by atoms with Crippen LogP contribution < -0.4 is 11.1 Å². The first-order valence-electron chi connectivity index (χ1n) is 5.37. The van der Waals surface area contributed by atoms with Crippen molar-refractivity contribution in [3.8, 4) is 0 Å². The summed E-state index contributed by atoms with van der Waals surface area (Å²) in [6.45, 7) is 0.721. The summed E-state index contributed by atoms with van der Waals surface area (Å²) < 4.78 is 0. The minimum atomic E-state index is -0.406. The fourth-order valence-electron chi connectivity index (χ4n) is 2.07. The molecule has 4 nitrogen and oxygen atoms in total. The fraction of sp³-hybridized carbons (Fsp3) is 0.0769. The van der Waals surface area contributed by atoms with E-state index in [-0.39, 0.29) is 0 Å². The van der Waals surface area contributed by atoms with Crippen LogP contribution in [-0.4, -0.2) is 10.9 Å². The predicted molar refractivity (Wildman–Crippen MR) is 66.1 cm³/mol. The van der Waals surface area contributed by atoms with Gasteiger partial charge >= 0.3 is 0 Å². The second-order valence-electron chi connectivity index (χ2n) is 4.00. The summed E-state index contributed by atoms with van der Waals surface area (Å²) >= 11 is 0. The molecule has 0 saturated heterocycles. The molecule has 0 aliphatic carbocycles. The van der Waals surface area contributed by atoms with E-state index in [1.54, 1.807) is 6.07 Å². The van der Waals surface area contributed by atoms with Gasteiger partial charge in [0.15, 0.2) is 0 Å². The van der Waals surface area contributed by atoms with Crippen LogP contribution in [0.2, 0.25) is 0 Å². The molecule has 2 heterocycles. The molecule has 0 fully saturated rings. The number of aromatic nitrogens is 1. The zero-order valence-corrected chi connectivity index (χ0v) is 9.10. The van der Waals surface area contributed by atoms with Crippen LogP contribution >= 0.6 is 0 Å². The summed E-state index contributed by atoms with van der Waals surface area (Å²) in [6, 6.07) is 5.44. The molecule has 84 valence electrons. The lowest BCUT2D eigenvalue weighted by molar-refractivity contribution is 0.100. The lowest BCUT2D eigenvalue weighted by Crippen LogP contribution is -2.13. The van der Waals surface area contributed by atoms with Crippen LogP contribution in [0.3, 0.4) is 0 Å². The van der Waals surface area contributed by atoms with Gasteiger partial charge < -0.3 is 11.1 Å². The van der Waals surface area contributed by atoms with Crippen LogP contribution in [0, 0.1) is 0 Å². The molecule has 1 aliphatic heterocycles. The second kappa shape index (κ2) is 3.59. The van der Waals surface area contributed by atoms with Crippen LogP contribution in [-0.2, 0) is 6.54 Å². The zero-order chi connectivity index (χ0) is 11.8. The topological polar surface area (TPSA) is 68.0 Å². The molecule has 0 saturated carbocycles. The number of pyridine rings is 1. The Bertz CT molecular complexity index is 646. The number of amides is 1. The van der Waals surface area contributed by atoms with Gasteiger partial charge in [-0.3, -0.25) is 9.78 Å². The largest absolute Gasteiger partial charge is 0.387 e. The summed E-state index contributed by atoms with van der Waals surface area (Å²) in [4.78, 5) is 15.6. The number of hydrogen-bond donors (Lipinski definition) is 2. The number of fused-ring (bicyclic) bond motifs is 3. The molecule has 4 heteroatoms. The van der Waals surface area contributed by atoms with E-state index in [0.29, 0.717) is 5.56 Å². The van der Waals surface area contributed by atoms with E-state index in [9.17, 15) is 4.79 Å². The number of benzene rings is 1. The van der Waals surface area contributed by atoms with Crippen molar-refractivity contribution < 1.29 is 4.79 Å². The van der Waals surface area contributed by atoms with Crippen molar-refractivity contribution in [1.82, 2.24) is 10.3 Å². The average Bonchev–Trinajstić information content (AvgIpc) is 2.38. The molecule has 2 aromatic rings. The molecule has 0 spiro atoms.